The topological polar surface area (TPSA) is 130 Å². The molecular formula is C22H40N6O4. The standard InChI is InChI=1S/C22H40N6O4/c1-21(2,31)15-17-9-13-27(25-17)19(29)23-11-7-5-6-8-12-24-20(30)28-14-10-18(26-28)16-22(3,4)32/h31-32H,5-16H2,1-4H3,(H,23,29)(H,24,30). The maximum Gasteiger partial charge on any atom is 0.337 e. The molecule has 0 saturated heterocycles. The molecule has 0 radical (unpaired) electrons. The fourth-order valence-corrected chi connectivity index (χ4v) is 3.73. The lowest BCUT2D eigenvalue weighted by molar-refractivity contribution is 0.0875. The molecule has 182 valence electrons. The van der Waals surface area contributed by atoms with Crippen LogP contribution < -0.4 is 10.6 Å². The van der Waals surface area contributed by atoms with Gasteiger partial charge in [-0.2, -0.15) is 10.2 Å². The van der Waals surface area contributed by atoms with Crippen LogP contribution in [0.5, 0.6) is 0 Å². The summed E-state index contributed by atoms with van der Waals surface area (Å²) in [6, 6.07) is -0.392. The summed E-state index contributed by atoms with van der Waals surface area (Å²) in [4.78, 5) is 24.3. The van der Waals surface area contributed by atoms with E-state index in [9.17, 15) is 19.8 Å². The Labute approximate surface area is 191 Å². The van der Waals surface area contributed by atoms with Gasteiger partial charge in [0.2, 0.25) is 0 Å². The molecule has 2 rings (SSSR count). The van der Waals surface area contributed by atoms with Crippen LogP contribution in [0, 0.1) is 0 Å². The average molecular weight is 453 g/mol. The first-order valence-electron chi connectivity index (χ1n) is 11.6. The molecule has 0 spiro atoms. The molecule has 10 nitrogen and oxygen atoms in total. The van der Waals surface area contributed by atoms with E-state index < -0.39 is 11.2 Å². The largest absolute Gasteiger partial charge is 0.390 e. The van der Waals surface area contributed by atoms with Gasteiger partial charge >= 0.3 is 12.1 Å². The summed E-state index contributed by atoms with van der Waals surface area (Å²) < 4.78 is 0. The number of hydrogen-bond donors (Lipinski definition) is 4. The van der Waals surface area contributed by atoms with Crippen molar-refractivity contribution in [2.45, 2.75) is 90.3 Å². The van der Waals surface area contributed by atoms with Gasteiger partial charge in [0.05, 0.1) is 24.3 Å². The van der Waals surface area contributed by atoms with Crippen LogP contribution in [0.2, 0.25) is 0 Å². The van der Waals surface area contributed by atoms with Gasteiger partial charge in [0, 0.05) is 50.2 Å². The number of hydrazone groups is 2. The van der Waals surface area contributed by atoms with Gasteiger partial charge in [-0.25, -0.2) is 19.6 Å². The molecule has 32 heavy (non-hydrogen) atoms. The second kappa shape index (κ2) is 11.6. The minimum atomic E-state index is -0.813. The molecule has 2 heterocycles. The van der Waals surface area contributed by atoms with Crippen molar-refractivity contribution in [1.82, 2.24) is 20.7 Å². The molecule has 0 aliphatic carbocycles. The third-order valence-corrected chi connectivity index (χ3v) is 5.15. The van der Waals surface area contributed by atoms with Gasteiger partial charge < -0.3 is 20.8 Å². The van der Waals surface area contributed by atoms with Crippen molar-refractivity contribution in [2.75, 3.05) is 26.2 Å². The Kier molecular flexibility index (Phi) is 9.45. The molecule has 0 fully saturated rings. The normalized spacial score (nSPS) is 16.8. The summed E-state index contributed by atoms with van der Waals surface area (Å²) in [7, 11) is 0. The summed E-state index contributed by atoms with van der Waals surface area (Å²) in [6.07, 6.45) is 6.00. The van der Waals surface area contributed by atoms with Crippen LogP contribution in [0.25, 0.3) is 0 Å². The number of amides is 4. The van der Waals surface area contributed by atoms with Crippen molar-refractivity contribution in [3.05, 3.63) is 0 Å². The van der Waals surface area contributed by atoms with Gasteiger partial charge in [-0.15, -0.1) is 0 Å². The SMILES string of the molecule is CC(C)(O)CC1=NN(C(=O)NCCCCCCNC(=O)N2CCC(CC(C)(C)O)=N2)CC1. The van der Waals surface area contributed by atoms with Gasteiger partial charge in [0.15, 0.2) is 0 Å². The monoisotopic (exact) mass is 452 g/mol. The molecule has 0 saturated carbocycles. The van der Waals surface area contributed by atoms with Gasteiger partial charge in [0.25, 0.3) is 0 Å². The minimum absolute atomic E-state index is 0.196. The van der Waals surface area contributed by atoms with E-state index in [2.05, 4.69) is 20.8 Å². The highest BCUT2D eigenvalue weighted by atomic mass is 16.3. The molecule has 0 unspecified atom stereocenters. The molecule has 2 aliphatic heterocycles. The number of carbonyl (C=O) groups is 2. The van der Waals surface area contributed by atoms with Crippen molar-refractivity contribution >= 4 is 23.5 Å². The molecular weight excluding hydrogens is 412 g/mol. The van der Waals surface area contributed by atoms with E-state index in [1.54, 1.807) is 27.7 Å². The Morgan fingerprint density at radius 1 is 0.781 bits per heavy atom. The zero-order valence-corrected chi connectivity index (χ0v) is 20.0. The molecule has 0 aromatic rings. The minimum Gasteiger partial charge on any atom is -0.390 e. The van der Waals surface area contributed by atoms with E-state index in [1.807, 2.05) is 0 Å². The van der Waals surface area contributed by atoms with E-state index in [0.717, 1.165) is 37.1 Å². The van der Waals surface area contributed by atoms with E-state index >= 15 is 0 Å². The van der Waals surface area contributed by atoms with Crippen LogP contribution in [0.1, 0.15) is 79.1 Å². The lowest BCUT2D eigenvalue weighted by Gasteiger charge is -2.16. The summed E-state index contributed by atoms with van der Waals surface area (Å²) in [5.74, 6) is 0. The van der Waals surface area contributed by atoms with Crippen LogP contribution in [0.3, 0.4) is 0 Å². The quantitative estimate of drug-likeness (QED) is 0.359. The smallest absolute Gasteiger partial charge is 0.337 e. The van der Waals surface area contributed by atoms with Crippen molar-refractivity contribution in [2.24, 2.45) is 10.2 Å². The van der Waals surface area contributed by atoms with E-state index in [1.165, 1.54) is 10.0 Å². The Balaban J connectivity index is 1.51. The van der Waals surface area contributed by atoms with Gasteiger partial charge in [0.1, 0.15) is 0 Å². The lowest BCUT2D eigenvalue weighted by Crippen LogP contribution is -2.36. The highest BCUT2D eigenvalue weighted by Crippen LogP contribution is 2.17. The third-order valence-electron chi connectivity index (χ3n) is 5.15. The van der Waals surface area contributed by atoms with E-state index in [-0.39, 0.29) is 12.1 Å². The number of nitrogens with one attached hydrogen (secondary N) is 2. The number of hydrogen-bond acceptors (Lipinski definition) is 6. The fraction of sp³-hybridized carbons (Fsp3) is 0.818. The molecule has 10 heteroatoms. The number of unbranched alkanes of at least 4 members (excludes halogenated alkanes) is 3. The molecule has 0 bridgehead atoms. The maximum absolute atomic E-state index is 12.2. The van der Waals surface area contributed by atoms with Crippen molar-refractivity contribution in [1.29, 1.82) is 0 Å². The van der Waals surface area contributed by atoms with Crippen LogP contribution in [-0.2, 0) is 0 Å². The first-order valence-corrected chi connectivity index (χ1v) is 11.6. The van der Waals surface area contributed by atoms with E-state index in [0.29, 0.717) is 51.9 Å². The van der Waals surface area contributed by atoms with E-state index in [4.69, 9.17) is 0 Å². The predicted molar refractivity (Wildman–Crippen MR) is 125 cm³/mol. The Bertz CT molecular complexity index is 648. The number of carbonyl (C=O) groups excluding carboxylic acids is 2. The highest BCUT2D eigenvalue weighted by molar-refractivity contribution is 5.90. The van der Waals surface area contributed by atoms with Crippen LogP contribution >= 0.6 is 0 Å². The second-order valence-corrected chi connectivity index (χ2v) is 9.94. The first kappa shape index (κ1) is 26.1. The average Bonchev–Trinajstić information content (AvgIpc) is 3.30. The van der Waals surface area contributed by atoms with Crippen molar-refractivity contribution < 1.29 is 19.8 Å². The molecule has 0 atom stereocenters. The third kappa shape index (κ3) is 9.95. The number of nitrogens with zero attached hydrogens (tertiary/aromatic N) is 4. The van der Waals surface area contributed by atoms with Gasteiger partial charge in [-0.05, 0) is 40.5 Å². The Morgan fingerprint density at radius 2 is 1.16 bits per heavy atom. The summed E-state index contributed by atoms with van der Waals surface area (Å²) >= 11 is 0. The fourth-order valence-electron chi connectivity index (χ4n) is 3.73. The summed E-state index contributed by atoms with van der Waals surface area (Å²) in [6.45, 7) is 9.22. The Morgan fingerprint density at radius 3 is 1.50 bits per heavy atom. The number of rotatable bonds is 11. The number of aliphatic hydroxyl groups is 2. The van der Waals surface area contributed by atoms with Crippen molar-refractivity contribution in [3.8, 4) is 0 Å². The van der Waals surface area contributed by atoms with Gasteiger partial charge in [-0.3, -0.25) is 0 Å². The molecule has 4 amide bonds. The van der Waals surface area contributed by atoms with Crippen LogP contribution in [0.4, 0.5) is 9.59 Å². The van der Waals surface area contributed by atoms with Crippen LogP contribution in [-0.4, -0.2) is 81.1 Å². The first-order chi connectivity index (χ1) is 14.9. The zero-order chi connectivity index (χ0) is 23.8. The van der Waals surface area contributed by atoms with Gasteiger partial charge in [-0.1, -0.05) is 12.8 Å². The molecule has 2 aliphatic rings. The van der Waals surface area contributed by atoms with Crippen LogP contribution in [0.15, 0.2) is 10.2 Å². The highest BCUT2D eigenvalue weighted by Gasteiger charge is 2.25. The molecule has 0 aromatic carbocycles. The second-order valence-electron chi connectivity index (χ2n) is 9.94. The van der Waals surface area contributed by atoms with Crippen molar-refractivity contribution in [3.63, 3.8) is 0 Å². The number of urea groups is 2. The maximum atomic E-state index is 12.2. The lowest BCUT2D eigenvalue weighted by atomic mass is 10.0. The predicted octanol–water partition coefficient (Wildman–Crippen LogP) is 2.41. The zero-order valence-electron chi connectivity index (χ0n) is 20.0. The Hall–Kier alpha value is -2.20. The summed E-state index contributed by atoms with van der Waals surface area (Å²) in [5, 5.41) is 36.9. The molecule has 0 aromatic heterocycles. The molecule has 4 N–H and O–H groups in total. The summed E-state index contributed by atoms with van der Waals surface area (Å²) in [5.41, 5.74) is 0.0737.